The van der Waals surface area contributed by atoms with E-state index < -0.39 is 0 Å². The molecule has 20 heavy (non-hydrogen) atoms. The summed E-state index contributed by atoms with van der Waals surface area (Å²) in [7, 11) is 3.51. The van der Waals surface area contributed by atoms with Crippen LogP contribution in [0.15, 0.2) is 12.1 Å². The van der Waals surface area contributed by atoms with E-state index in [1.807, 2.05) is 11.3 Å². The Morgan fingerprint density at radius 3 is 2.30 bits per heavy atom. The van der Waals surface area contributed by atoms with Gasteiger partial charge in [-0.1, -0.05) is 6.92 Å². The van der Waals surface area contributed by atoms with Crippen molar-refractivity contribution in [2.45, 2.75) is 44.6 Å². The highest BCUT2D eigenvalue weighted by Crippen LogP contribution is 2.34. The van der Waals surface area contributed by atoms with Crippen molar-refractivity contribution in [2.24, 2.45) is 5.73 Å². The molecule has 4 atom stereocenters. The Balaban J connectivity index is 2.20. The van der Waals surface area contributed by atoms with E-state index in [9.17, 15) is 0 Å². The molecule has 1 aromatic heterocycles. The van der Waals surface area contributed by atoms with Gasteiger partial charge in [0.2, 0.25) is 0 Å². The first-order valence-corrected chi connectivity index (χ1v) is 8.03. The molecule has 1 aliphatic rings. The van der Waals surface area contributed by atoms with E-state index in [4.69, 9.17) is 15.2 Å². The number of nitrogens with two attached hydrogens (primary N) is 1. The van der Waals surface area contributed by atoms with E-state index in [2.05, 4.69) is 30.9 Å². The summed E-state index contributed by atoms with van der Waals surface area (Å²) >= 11 is 1.84. The van der Waals surface area contributed by atoms with Crippen LogP contribution < -0.4 is 5.73 Å². The Bertz CT molecular complexity index is 412. The average Bonchev–Trinajstić information content (AvgIpc) is 3.05. The minimum Gasteiger partial charge on any atom is -0.377 e. The molecule has 0 amide bonds. The highest BCUT2D eigenvalue weighted by molar-refractivity contribution is 7.12. The largest absolute Gasteiger partial charge is 0.377 e. The van der Waals surface area contributed by atoms with Crippen molar-refractivity contribution >= 4 is 11.3 Å². The second kappa shape index (κ2) is 7.00. The lowest BCUT2D eigenvalue weighted by Crippen LogP contribution is -2.40. The van der Waals surface area contributed by atoms with Gasteiger partial charge in [0.25, 0.3) is 0 Å². The molecule has 2 N–H and O–H groups in total. The van der Waals surface area contributed by atoms with Gasteiger partial charge in [0.1, 0.15) is 0 Å². The topological polar surface area (TPSA) is 47.7 Å². The number of likely N-dealkylation sites (tertiary alicyclic amines) is 1. The molecule has 4 unspecified atom stereocenters. The molecule has 0 saturated carbocycles. The van der Waals surface area contributed by atoms with Gasteiger partial charge >= 0.3 is 0 Å². The van der Waals surface area contributed by atoms with Crippen LogP contribution in [-0.4, -0.2) is 50.5 Å². The van der Waals surface area contributed by atoms with Crippen LogP contribution in [0.1, 0.15) is 29.1 Å². The first kappa shape index (κ1) is 15.9. The number of hydrogen-bond donors (Lipinski definition) is 1. The molecular formula is C15H26N2O2S. The maximum atomic E-state index is 6.40. The summed E-state index contributed by atoms with van der Waals surface area (Å²) in [4.78, 5) is 5.10. The van der Waals surface area contributed by atoms with Gasteiger partial charge < -0.3 is 15.2 Å². The molecule has 2 heterocycles. The molecule has 1 fully saturated rings. The van der Waals surface area contributed by atoms with Crippen LogP contribution >= 0.6 is 11.3 Å². The van der Waals surface area contributed by atoms with E-state index >= 15 is 0 Å². The first-order valence-electron chi connectivity index (χ1n) is 7.22. The van der Waals surface area contributed by atoms with Gasteiger partial charge in [-0.15, -0.1) is 11.3 Å². The number of thiophene rings is 1. The van der Waals surface area contributed by atoms with Crippen molar-refractivity contribution in [3.05, 3.63) is 21.9 Å². The van der Waals surface area contributed by atoms with Gasteiger partial charge in [0, 0.05) is 43.1 Å². The number of nitrogens with zero attached hydrogens (tertiary/aromatic N) is 1. The molecule has 0 radical (unpaired) electrons. The molecule has 4 nitrogen and oxygen atoms in total. The van der Waals surface area contributed by atoms with Gasteiger partial charge in [0.05, 0.1) is 18.2 Å². The summed E-state index contributed by atoms with van der Waals surface area (Å²) in [5.41, 5.74) is 6.40. The molecular weight excluding hydrogens is 272 g/mol. The zero-order valence-electron chi connectivity index (χ0n) is 12.8. The number of ether oxygens (including phenoxy) is 2. The van der Waals surface area contributed by atoms with Gasteiger partial charge in [0.15, 0.2) is 0 Å². The van der Waals surface area contributed by atoms with Crippen molar-refractivity contribution in [3.63, 3.8) is 0 Å². The maximum Gasteiger partial charge on any atom is 0.0972 e. The van der Waals surface area contributed by atoms with E-state index in [0.717, 1.165) is 19.5 Å². The molecule has 1 aromatic rings. The second-order valence-electron chi connectivity index (χ2n) is 5.47. The Morgan fingerprint density at radius 1 is 1.30 bits per heavy atom. The predicted molar refractivity (Wildman–Crippen MR) is 83.2 cm³/mol. The molecule has 0 spiro atoms. The number of hydrogen-bond acceptors (Lipinski definition) is 5. The zero-order valence-corrected chi connectivity index (χ0v) is 13.7. The minimum atomic E-state index is 0.132. The number of aryl methyl sites for hydroxylation is 1. The van der Waals surface area contributed by atoms with Crippen LogP contribution in [0.3, 0.4) is 0 Å². The maximum absolute atomic E-state index is 6.40. The standard InChI is InChI=1S/C15H26N2O2S/c1-5-11(16)15(14-7-6-10(2)20-14)17-8-12(18-3)13(9-17)19-4/h6-7,11-13,15H,5,8-9,16H2,1-4H3. The lowest BCUT2D eigenvalue weighted by atomic mass is 10.0. The molecule has 0 aliphatic carbocycles. The van der Waals surface area contributed by atoms with Crippen molar-refractivity contribution in [1.82, 2.24) is 4.90 Å². The Labute approximate surface area is 125 Å². The average molecular weight is 298 g/mol. The zero-order chi connectivity index (χ0) is 14.7. The van der Waals surface area contributed by atoms with Gasteiger partial charge in [-0.05, 0) is 25.5 Å². The molecule has 5 heteroatoms. The third-order valence-corrected chi connectivity index (χ3v) is 5.24. The molecule has 114 valence electrons. The van der Waals surface area contributed by atoms with Crippen molar-refractivity contribution in [1.29, 1.82) is 0 Å². The molecule has 0 aromatic carbocycles. The fourth-order valence-electron chi connectivity index (χ4n) is 2.95. The Morgan fingerprint density at radius 2 is 1.90 bits per heavy atom. The van der Waals surface area contributed by atoms with Gasteiger partial charge in [-0.25, -0.2) is 0 Å². The van der Waals surface area contributed by atoms with E-state index in [-0.39, 0.29) is 24.3 Å². The van der Waals surface area contributed by atoms with Crippen LogP contribution in [0.4, 0.5) is 0 Å². The monoisotopic (exact) mass is 298 g/mol. The molecule has 1 saturated heterocycles. The van der Waals surface area contributed by atoms with Crippen molar-refractivity contribution in [2.75, 3.05) is 27.3 Å². The molecule has 1 aliphatic heterocycles. The summed E-state index contributed by atoms with van der Waals surface area (Å²) in [5, 5.41) is 0. The van der Waals surface area contributed by atoms with E-state index in [1.165, 1.54) is 9.75 Å². The quantitative estimate of drug-likeness (QED) is 0.874. The predicted octanol–water partition coefficient (Wildman–Crippen LogP) is 2.18. The summed E-state index contributed by atoms with van der Waals surface area (Å²) in [6.45, 7) is 6.05. The van der Waals surface area contributed by atoms with Crippen LogP contribution in [0.5, 0.6) is 0 Å². The smallest absolute Gasteiger partial charge is 0.0972 e. The van der Waals surface area contributed by atoms with Crippen LogP contribution in [0.2, 0.25) is 0 Å². The summed E-state index contributed by atoms with van der Waals surface area (Å²) in [6.07, 6.45) is 1.23. The minimum absolute atomic E-state index is 0.132. The summed E-state index contributed by atoms with van der Waals surface area (Å²) in [6, 6.07) is 4.78. The highest BCUT2D eigenvalue weighted by Gasteiger charge is 2.39. The van der Waals surface area contributed by atoms with Crippen LogP contribution in [-0.2, 0) is 9.47 Å². The van der Waals surface area contributed by atoms with E-state index in [0.29, 0.717) is 0 Å². The fourth-order valence-corrected chi connectivity index (χ4v) is 4.04. The Kier molecular flexibility index (Phi) is 5.57. The number of methoxy groups -OCH3 is 2. The molecule has 0 bridgehead atoms. The van der Waals surface area contributed by atoms with Crippen LogP contribution in [0, 0.1) is 6.92 Å². The normalized spacial score (nSPS) is 26.9. The van der Waals surface area contributed by atoms with Crippen molar-refractivity contribution in [3.8, 4) is 0 Å². The summed E-state index contributed by atoms with van der Waals surface area (Å²) < 4.78 is 11.1. The second-order valence-corrected chi connectivity index (χ2v) is 6.79. The van der Waals surface area contributed by atoms with Crippen LogP contribution in [0.25, 0.3) is 0 Å². The molecule has 2 rings (SSSR count). The number of rotatable bonds is 6. The Hall–Kier alpha value is -0.460. The third kappa shape index (κ3) is 3.23. The fraction of sp³-hybridized carbons (Fsp3) is 0.733. The SMILES string of the molecule is CCC(N)C(c1ccc(C)s1)N1CC(OC)C(OC)C1. The lowest BCUT2D eigenvalue weighted by Gasteiger charge is -2.31. The van der Waals surface area contributed by atoms with Crippen molar-refractivity contribution < 1.29 is 9.47 Å². The van der Waals surface area contributed by atoms with Gasteiger partial charge in [-0.3, -0.25) is 4.90 Å². The van der Waals surface area contributed by atoms with E-state index in [1.54, 1.807) is 14.2 Å². The third-order valence-electron chi connectivity index (χ3n) is 4.17. The lowest BCUT2D eigenvalue weighted by molar-refractivity contribution is -0.00461. The first-order chi connectivity index (χ1) is 9.60. The van der Waals surface area contributed by atoms with Gasteiger partial charge in [-0.2, -0.15) is 0 Å². The highest BCUT2D eigenvalue weighted by atomic mass is 32.1. The summed E-state index contributed by atoms with van der Waals surface area (Å²) in [5.74, 6) is 0.